The first kappa shape index (κ1) is 20.3. The highest BCUT2D eigenvalue weighted by Crippen LogP contribution is 2.33. The molecule has 4 rings (SSSR count). The zero-order chi connectivity index (χ0) is 20.9. The van der Waals surface area contributed by atoms with Gasteiger partial charge in [0, 0.05) is 23.4 Å². The van der Waals surface area contributed by atoms with Gasteiger partial charge in [0.2, 0.25) is 0 Å². The summed E-state index contributed by atoms with van der Waals surface area (Å²) in [7, 11) is 0. The first-order valence-electron chi connectivity index (χ1n) is 10.5. The van der Waals surface area contributed by atoms with Gasteiger partial charge < -0.3 is 19.2 Å². The number of benzene rings is 1. The molecule has 8 nitrogen and oxygen atoms in total. The molecule has 2 aromatic rings. The predicted molar refractivity (Wildman–Crippen MR) is 108 cm³/mol. The number of furan rings is 1. The Balaban J connectivity index is 1.21. The second-order valence-corrected chi connectivity index (χ2v) is 7.82. The minimum absolute atomic E-state index is 0.104. The molecule has 1 heterocycles. The van der Waals surface area contributed by atoms with Gasteiger partial charge in [0.05, 0.1) is 0 Å². The fourth-order valence-corrected chi connectivity index (χ4v) is 4.12. The van der Waals surface area contributed by atoms with Crippen molar-refractivity contribution < 1.29 is 28.3 Å². The molecule has 1 aromatic heterocycles. The van der Waals surface area contributed by atoms with E-state index in [9.17, 15) is 14.4 Å². The maximum atomic E-state index is 11.9. The van der Waals surface area contributed by atoms with Crippen LogP contribution in [0.25, 0.3) is 11.0 Å². The van der Waals surface area contributed by atoms with E-state index in [0.717, 1.165) is 68.1 Å². The Hall–Kier alpha value is -3.03. The predicted octanol–water partition coefficient (Wildman–Crippen LogP) is 3.00. The molecule has 0 atom stereocenters. The van der Waals surface area contributed by atoms with E-state index >= 15 is 0 Å². The Morgan fingerprint density at radius 1 is 1.03 bits per heavy atom. The van der Waals surface area contributed by atoms with Crippen LogP contribution >= 0.6 is 0 Å². The molecule has 1 fully saturated rings. The Morgan fingerprint density at radius 3 is 2.67 bits per heavy atom. The molecule has 0 aliphatic heterocycles. The van der Waals surface area contributed by atoms with Crippen molar-refractivity contribution in [2.24, 2.45) is 0 Å². The number of amides is 3. The summed E-state index contributed by atoms with van der Waals surface area (Å²) in [5, 5.41) is 5.92. The van der Waals surface area contributed by atoms with Crippen LogP contribution in [0.15, 0.2) is 22.6 Å². The Kier molecular flexibility index (Phi) is 6.21. The zero-order valence-corrected chi connectivity index (χ0v) is 16.8. The highest BCUT2D eigenvalue weighted by Gasteiger charge is 2.20. The van der Waals surface area contributed by atoms with Crippen LogP contribution in [0.3, 0.4) is 0 Å². The lowest BCUT2D eigenvalue weighted by atomic mass is 9.96. The van der Waals surface area contributed by atoms with Crippen LogP contribution < -0.4 is 15.4 Å². The lowest BCUT2D eigenvalue weighted by molar-refractivity contribution is -0.150. The second kappa shape index (κ2) is 9.19. The van der Waals surface area contributed by atoms with Gasteiger partial charge in [-0.05, 0) is 50.3 Å². The van der Waals surface area contributed by atoms with Gasteiger partial charge in [-0.2, -0.15) is 0 Å². The molecule has 0 bridgehead atoms. The summed E-state index contributed by atoms with van der Waals surface area (Å²) in [6, 6.07) is 4.99. The Morgan fingerprint density at radius 2 is 1.83 bits per heavy atom. The fourth-order valence-electron chi connectivity index (χ4n) is 4.12. The number of imide groups is 1. The minimum atomic E-state index is -0.685. The van der Waals surface area contributed by atoms with E-state index in [1.165, 1.54) is 5.56 Å². The number of fused-ring (bicyclic) bond motifs is 3. The molecular formula is C22H26N2O6. The van der Waals surface area contributed by atoms with Crippen molar-refractivity contribution in [1.29, 1.82) is 0 Å². The summed E-state index contributed by atoms with van der Waals surface area (Å²) in [6.07, 6.45) is 8.20. The number of rotatable bonds is 6. The van der Waals surface area contributed by atoms with Crippen LogP contribution in [-0.2, 0) is 27.2 Å². The van der Waals surface area contributed by atoms with E-state index in [2.05, 4.69) is 10.6 Å². The van der Waals surface area contributed by atoms with Crippen molar-refractivity contribution in [2.75, 3.05) is 13.2 Å². The van der Waals surface area contributed by atoms with E-state index in [1.807, 2.05) is 12.1 Å². The van der Waals surface area contributed by atoms with Gasteiger partial charge in [-0.25, -0.2) is 9.59 Å². The van der Waals surface area contributed by atoms with E-state index in [0.29, 0.717) is 5.75 Å². The quantitative estimate of drug-likeness (QED) is 0.704. The maximum Gasteiger partial charge on any atom is 0.344 e. The minimum Gasteiger partial charge on any atom is -0.482 e. The maximum absolute atomic E-state index is 11.9. The second-order valence-electron chi connectivity index (χ2n) is 7.82. The number of aryl methyl sites for hydroxylation is 2. The highest BCUT2D eigenvalue weighted by atomic mass is 16.6. The molecule has 8 heteroatoms. The standard InChI is InChI=1S/C22H26N2O6/c25-20(24-22(27)23-14-5-1-2-6-14)12-29-21(26)13-28-15-9-10-19-17(11-15)16-7-3-4-8-18(16)30-19/h9-11,14H,1-8,12-13H2,(H2,23,24,25,27). The van der Waals surface area contributed by atoms with Crippen LogP contribution in [0.4, 0.5) is 4.79 Å². The molecule has 2 aliphatic rings. The number of carbonyl (C=O) groups is 3. The smallest absolute Gasteiger partial charge is 0.344 e. The molecule has 160 valence electrons. The molecule has 3 amide bonds. The summed E-state index contributed by atoms with van der Waals surface area (Å²) in [5.41, 5.74) is 2.04. The molecule has 0 radical (unpaired) electrons. The number of hydrogen-bond donors (Lipinski definition) is 2. The monoisotopic (exact) mass is 414 g/mol. The molecule has 0 saturated heterocycles. The zero-order valence-electron chi connectivity index (χ0n) is 16.8. The van der Waals surface area contributed by atoms with E-state index < -0.39 is 24.5 Å². The number of urea groups is 1. The highest BCUT2D eigenvalue weighted by molar-refractivity contribution is 5.95. The largest absolute Gasteiger partial charge is 0.482 e. The number of esters is 1. The first-order chi connectivity index (χ1) is 14.6. The molecule has 1 saturated carbocycles. The van der Waals surface area contributed by atoms with Gasteiger partial charge in [0.15, 0.2) is 13.2 Å². The lowest BCUT2D eigenvalue weighted by Crippen LogP contribution is -2.45. The van der Waals surface area contributed by atoms with Gasteiger partial charge in [-0.3, -0.25) is 10.1 Å². The van der Waals surface area contributed by atoms with E-state index in [-0.39, 0.29) is 12.6 Å². The van der Waals surface area contributed by atoms with Crippen molar-refractivity contribution in [3.8, 4) is 5.75 Å². The Labute approximate surface area is 174 Å². The lowest BCUT2D eigenvalue weighted by Gasteiger charge is -2.12. The van der Waals surface area contributed by atoms with Crippen LogP contribution in [0.2, 0.25) is 0 Å². The van der Waals surface area contributed by atoms with Gasteiger partial charge in [0.25, 0.3) is 5.91 Å². The van der Waals surface area contributed by atoms with Crippen LogP contribution in [0, 0.1) is 0 Å². The normalized spacial score (nSPS) is 16.1. The van der Waals surface area contributed by atoms with Crippen molar-refractivity contribution in [3.05, 3.63) is 29.5 Å². The molecule has 30 heavy (non-hydrogen) atoms. The third-order valence-corrected chi connectivity index (χ3v) is 5.59. The summed E-state index contributed by atoms with van der Waals surface area (Å²) in [5.74, 6) is 0.214. The van der Waals surface area contributed by atoms with Crippen molar-refractivity contribution in [2.45, 2.75) is 57.4 Å². The molecule has 2 aliphatic carbocycles. The summed E-state index contributed by atoms with van der Waals surface area (Å²) < 4.78 is 16.3. The average molecular weight is 414 g/mol. The topological polar surface area (TPSA) is 107 Å². The van der Waals surface area contributed by atoms with E-state index in [1.54, 1.807) is 6.07 Å². The van der Waals surface area contributed by atoms with Crippen molar-refractivity contribution in [1.82, 2.24) is 10.6 Å². The third kappa shape index (κ3) is 4.93. The number of nitrogens with one attached hydrogen (secondary N) is 2. The molecule has 1 aromatic carbocycles. The van der Waals surface area contributed by atoms with Gasteiger partial charge in [-0.15, -0.1) is 0 Å². The molecule has 2 N–H and O–H groups in total. The molecular weight excluding hydrogens is 388 g/mol. The fraction of sp³-hybridized carbons (Fsp3) is 0.500. The van der Waals surface area contributed by atoms with Gasteiger partial charge >= 0.3 is 12.0 Å². The van der Waals surface area contributed by atoms with Crippen LogP contribution in [-0.4, -0.2) is 37.2 Å². The third-order valence-electron chi connectivity index (χ3n) is 5.59. The number of ether oxygens (including phenoxy) is 2. The van der Waals surface area contributed by atoms with Crippen molar-refractivity contribution >= 4 is 28.9 Å². The van der Waals surface area contributed by atoms with Crippen LogP contribution in [0.5, 0.6) is 5.75 Å². The molecule has 0 unspecified atom stereocenters. The number of carbonyl (C=O) groups excluding carboxylic acids is 3. The first-order valence-corrected chi connectivity index (χ1v) is 10.5. The van der Waals surface area contributed by atoms with Gasteiger partial charge in [0.1, 0.15) is 17.1 Å². The Bertz CT molecular complexity index is 944. The summed E-state index contributed by atoms with van der Waals surface area (Å²) in [6.45, 7) is -0.859. The van der Waals surface area contributed by atoms with Crippen LogP contribution in [0.1, 0.15) is 49.8 Å². The van der Waals surface area contributed by atoms with Gasteiger partial charge in [-0.1, -0.05) is 12.8 Å². The average Bonchev–Trinajstić information content (AvgIpc) is 3.37. The number of hydrogen-bond acceptors (Lipinski definition) is 6. The van der Waals surface area contributed by atoms with E-state index in [4.69, 9.17) is 13.9 Å². The summed E-state index contributed by atoms with van der Waals surface area (Å²) in [4.78, 5) is 35.4. The summed E-state index contributed by atoms with van der Waals surface area (Å²) >= 11 is 0. The van der Waals surface area contributed by atoms with Crippen molar-refractivity contribution in [3.63, 3.8) is 0 Å². The molecule has 0 spiro atoms. The SMILES string of the molecule is O=C(COC(=O)COc1ccc2oc3c(c2c1)CCCC3)NC(=O)NC1CCCC1.